The van der Waals surface area contributed by atoms with Gasteiger partial charge in [0.25, 0.3) is 0 Å². The van der Waals surface area contributed by atoms with Crippen molar-refractivity contribution in [2.75, 3.05) is 0 Å². The molecule has 1 rings (SSSR count). The van der Waals surface area contributed by atoms with Crippen molar-refractivity contribution in [3.05, 3.63) is 11.8 Å². The third-order valence-corrected chi connectivity index (χ3v) is 2.01. The fraction of sp³-hybridized carbons (Fsp3) is 0.700. The number of ether oxygens (including phenoxy) is 2. The summed E-state index contributed by atoms with van der Waals surface area (Å²) in [6, 6.07) is 0. The average Bonchev–Trinajstić information content (AvgIpc) is 2.11. The van der Waals surface area contributed by atoms with Gasteiger partial charge in [-0.25, -0.2) is 0 Å². The summed E-state index contributed by atoms with van der Waals surface area (Å²) in [5.41, 5.74) is 0. The van der Waals surface area contributed by atoms with E-state index in [1.807, 2.05) is 0 Å². The van der Waals surface area contributed by atoms with Crippen LogP contribution in [-0.2, 0) is 14.3 Å². The Kier molecular flexibility index (Phi) is 4.28. The molecule has 3 N–H and O–H groups in total. The lowest BCUT2D eigenvalue weighted by Gasteiger charge is -2.31. The van der Waals surface area contributed by atoms with Gasteiger partial charge in [0.2, 0.25) is 0 Å². The van der Waals surface area contributed by atoms with Crippen molar-refractivity contribution in [3.8, 4) is 0 Å². The van der Waals surface area contributed by atoms with Gasteiger partial charge in [0, 0.05) is 0 Å². The highest BCUT2D eigenvalue weighted by molar-refractivity contribution is 5.67. The summed E-state index contributed by atoms with van der Waals surface area (Å²) in [5.74, 6) is -1.36. The molecule has 92 valence electrons. The first kappa shape index (κ1) is 13.0. The van der Waals surface area contributed by atoms with Gasteiger partial charge in [-0.05, 0) is 19.9 Å². The van der Waals surface area contributed by atoms with Gasteiger partial charge in [-0.2, -0.15) is 0 Å². The van der Waals surface area contributed by atoms with E-state index in [4.69, 9.17) is 14.6 Å². The molecule has 1 aliphatic heterocycles. The summed E-state index contributed by atoms with van der Waals surface area (Å²) in [5, 5.41) is 27.5. The second-order valence-corrected chi connectivity index (χ2v) is 3.86. The van der Waals surface area contributed by atoms with Gasteiger partial charge in [-0.15, -0.1) is 0 Å². The maximum Gasteiger partial charge on any atom is 0.306 e. The van der Waals surface area contributed by atoms with E-state index >= 15 is 0 Å². The van der Waals surface area contributed by atoms with Crippen molar-refractivity contribution >= 4 is 5.97 Å². The Balaban J connectivity index is 2.68. The molecule has 0 fully saturated rings. The van der Waals surface area contributed by atoms with Crippen molar-refractivity contribution < 1.29 is 29.6 Å². The Morgan fingerprint density at radius 3 is 2.75 bits per heavy atom. The first-order chi connectivity index (χ1) is 7.40. The van der Waals surface area contributed by atoms with Crippen molar-refractivity contribution in [3.63, 3.8) is 0 Å². The van der Waals surface area contributed by atoms with Crippen molar-refractivity contribution in [1.29, 1.82) is 0 Å². The number of aliphatic carboxylic acids is 1. The van der Waals surface area contributed by atoms with Crippen LogP contribution in [0.25, 0.3) is 0 Å². The van der Waals surface area contributed by atoms with Crippen LogP contribution in [0.5, 0.6) is 0 Å². The molecule has 1 aliphatic rings. The maximum atomic E-state index is 10.5. The van der Waals surface area contributed by atoms with Crippen LogP contribution in [-0.4, -0.2) is 45.9 Å². The van der Waals surface area contributed by atoms with Crippen LogP contribution in [0.1, 0.15) is 20.3 Å². The average molecular weight is 232 g/mol. The molecule has 0 saturated heterocycles. The summed E-state index contributed by atoms with van der Waals surface area (Å²) >= 11 is 0. The van der Waals surface area contributed by atoms with Gasteiger partial charge in [0.1, 0.15) is 5.76 Å². The Hall–Kier alpha value is -1.11. The minimum atomic E-state index is -1.27. The lowest BCUT2D eigenvalue weighted by molar-refractivity contribution is -0.229. The number of aliphatic hydroxyl groups is 2. The van der Waals surface area contributed by atoms with E-state index in [-0.39, 0.29) is 18.3 Å². The zero-order valence-corrected chi connectivity index (χ0v) is 9.16. The normalized spacial score (nSPS) is 30.2. The molecule has 0 amide bonds. The number of hydrogen-bond donors (Lipinski definition) is 3. The standard InChI is InChI=1S/C10H16O6/c1-5(2)15-10-9(14)7(11)3-6(16-10)4-8(12)13/h3,5-6,9-11,14H,4H2,1-2H3,(H,12,13)/t6?,9?,10-/m1/s1. The van der Waals surface area contributed by atoms with Crippen molar-refractivity contribution in [2.24, 2.45) is 0 Å². The first-order valence-corrected chi connectivity index (χ1v) is 5.01. The summed E-state index contributed by atoms with van der Waals surface area (Å²) in [4.78, 5) is 10.5. The highest BCUT2D eigenvalue weighted by Crippen LogP contribution is 2.21. The number of carboxylic acids is 1. The Bertz CT molecular complexity index is 285. The molecule has 6 heteroatoms. The quantitative estimate of drug-likeness (QED) is 0.649. The zero-order chi connectivity index (χ0) is 12.3. The van der Waals surface area contributed by atoms with Crippen LogP contribution in [0.2, 0.25) is 0 Å². The van der Waals surface area contributed by atoms with Crippen LogP contribution in [0, 0.1) is 0 Å². The molecule has 0 spiro atoms. The number of carbonyl (C=O) groups is 1. The lowest BCUT2D eigenvalue weighted by Crippen LogP contribution is -2.42. The van der Waals surface area contributed by atoms with E-state index in [0.717, 1.165) is 0 Å². The SMILES string of the molecule is CC(C)O[C@@H]1OC(CC(=O)O)C=C(O)C1O. The maximum absolute atomic E-state index is 10.5. The number of carboxylic acid groups (broad SMARTS) is 1. The second kappa shape index (κ2) is 5.29. The molecule has 16 heavy (non-hydrogen) atoms. The van der Waals surface area contributed by atoms with E-state index in [9.17, 15) is 15.0 Å². The Morgan fingerprint density at radius 2 is 2.25 bits per heavy atom. The molecular formula is C10H16O6. The van der Waals surface area contributed by atoms with Gasteiger partial charge in [0.15, 0.2) is 12.4 Å². The summed E-state index contributed by atoms with van der Waals surface area (Å²) in [6.07, 6.45) is -2.39. The molecule has 1 heterocycles. The van der Waals surface area contributed by atoms with Gasteiger partial charge >= 0.3 is 5.97 Å². The molecule has 2 unspecified atom stereocenters. The predicted molar refractivity (Wildman–Crippen MR) is 53.9 cm³/mol. The number of rotatable bonds is 4. The fourth-order valence-electron chi connectivity index (χ4n) is 1.37. The minimum Gasteiger partial charge on any atom is -0.510 e. The minimum absolute atomic E-state index is 0.198. The zero-order valence-electron chi connectivity index (χ0n) is 9.16. The fourth-order valence-corrected chi connectivity index (χ4v) is 1.37. The van der Waals surface area contributed by atoms with Crippen LogP contribution in [0.4, 0.5) is 0 Å². The van der Waals surface area contributed by atoms with E-state index in [1.54, 1.807) is 13.8 Å². The largest absolute Gasteiger partial charge is 0.510 e. The number of aliphatic hydroxyl groups excluding tert-OH is 2. The molecule has 3 atom stereocenters. The third kappa shape index (κ3) is 3.48. The third-order valence-electron chi connectivity index (χ3n) is 2.01. The molecule has 0 bridgehead atoms. The predicted octanol–water partition coefficient (Wildman–Crippen LogP) is 0.414. The van der Waals surface area contributed by atoms with E-state index < -0.39 is 24.5 Å². The smallest absolute Gasteiger partial charge is 0.306 e. The van der Waals surface area contributed by atoms with Gasteiger partial charge in [0.05, 0.1) is 18.6 Å². The molecule has 0 aromatic heterocycles. The van der Waals surface area contributed by atoms with Crippen molar-refractivity contribution in [1.82, 2.24) is 0 Å². The highest BCUT2D eigenvalue weighted by atomic mass is 16.7. The first-order valence-electron chi connectivity index (χ1n) is 5.01. The lowest BCUT2D eigenvalue weighted by atomic mass is 10.1. The highest BCUT2D eigenvalue weighted by Gasteiger charge is 2.33. The van der Waals surface area contributed by atoms with Gasteiger partial charge < -0.3 is 24.8 Å². The second-order valence-electron chi connectivity index (χ2n) is 3.86. The van der Waals surface area contributed by atoms with Gasteiger partial charge in [-0.3, -0.25) is 4.79 Å². The molecule has 0 saturated carbocycles. The van der Waals surface area contributed by atoms with Crippen molar-refractivity contribution in [2.45, 2.75) is 44.9 Å². The Morgan fingerprint density at radius 1 is 1.62 bits per heavy atom. The van der Waals surface area contributed by atoms with E-state index in [0.29, 0.717) is 0 Å². The van der Waals surface area contributed by atoms with Crippen LogP contribution in [0.15, 0.2) is 11.8 Å². The van der Waals surface area contributed by atoms with Gasteiger partial charge in [-0.1, -0.05) is 0 Å². The molecular weight excluding hydrogens is 216 g/mol. The summed E-state index contributed by atoms with van der Waals surface area (Å²) in [7, 11) is 0. The summed E-state index contributed by atoms with van der Waals surface area (Å²) < 4.78 is 10.4. The molecule has 0 radical (unpaired) electrons. The van der Waals surface area contributed by atoms with Crippen LogP contribution in [0.3, 0.4) is 0 Å². The molecule has 0 aromatic carbocycles. The van der Waals surface area contributed by atoms with Crippen LogP contribution < -0.4 is 0 Å². The number of hydrogen-bond acceptors (Lipinski definition) is 5. The van der Waals surface area contributed by atoms with Crippen LogP contribution >= 0.6 is 0 Å². The molecule has 0 aliphatic carbocycles. The van der Waals surface area contributed by atoms with E-state index in [1.165, 1.54) is 6.08 Å². The summed E-state index contributed by atoms with van der Waals surface area (Å²) in [6.45, 7) is 3.50. The topological polar surface area (TPSA) is 96.2 Å². The molecule has 0 aromatic rings. The Labute approximate surface area is 93.1 Å². The van der Waals surface area contributed by atoms with E-state index in [2.05, 4.69) is 0 Å². The monoisotopic (exact) mass is 232 g/mol. The molecule has 6 nitrogen and oxygen atoms in total.